The van der Waals surface area contributed by atoms with Crippen molar-refractivity contribution in [2.24, 2.45) is 0 Å². The number of pyridine rings is 1. The fraction of sp³-hybridized carbons (Fsp3) is 0.552. The fourth-order valence-electron chi connectivity index (χ4n) is 4.56. The number of hydrogen-bond donors (Lipinski definition) is 2. The summed E-state index contributed by atoms with van der Waals surface area (Å²) in [6.07, 6.45) is 5.39. The molecule has 0 aliphatic carbocycles. The van der Waals surface area contributed by atoms with Gasteiger partial charge in [0.2, 0.25) is 5.91 Å². The number of ether oxygens (including phenoxy) is 1. The van der Waals surface area contributed by atoms with Gasteiger partial charge in [0.25, 0.3) is 5.91 Å². The number of alkyl halides is 2. The van der Waals surface area contributed by atoms with Gasteiger partial charge in [0, 0.05) is 33.0 Å². The number of carbonyl (C=O) groups excluding carboxylic acids is 2. The van der Waals surface area contributed by atoms with E-state index < -0.39 is 19.0 Å². The van der Waals surface area contributed by atoms with Gasteiger partial charge >= 0.3 is 0 Å². The minimum Gasteiger partial charge on any atom is -0.360 e. The Hall–Kier alpha value is -2.73. The molecule has 3 rings (SSSR count). The molecule has 2 amide bonds. The average molecular weight is 637 g/mol. The second-order valence-corrected chi connectivity index (χ2v) is 18.3. The quantitative estimate of drug-likeness (QED) is 0.112. The molecule has 13 heteroatoms. The number of halogens is 2. The molecule has 0 spiro atoms. The third-order valence-corrected chi connectivity index (χ3v) is 8.99. The Balaban J connectivity index is 1.71. The van der Waals surface area contributed by atoms with Crippen LogP contribution in [-0.2, 0) is 29.2 Å². The maximum absolute atomic E-state index is 13.3. The summed E-state index contributed by atoms with van der Waals surface area (Å²) in [5.41, 5.74) is 4.57. The van der Waals surface area contributed by atoms with Gasteiger partial charge in [0.15, 0.2) is 0 Å². The molecule has 0 saturated heterocycles. The number of aryl methyl sites for hydroxylation is 2. The van der Waals surface area contributed by atoms with E-state index in [2.05, 4.69) is 47.3 Å². The number of nitrogens with one attached hydrogen (secondary N) is 2. The molecule has 42 heavy (non-hydrogen) atoms. The second-order valence-electron chi connectivity index (χ2n) is 11.4. The number of anilines is 1. The largest absolute Gasteiger partial charge is 0.360 e. The molecule has 0 radical (unpaired) electrons. The zero-order valence-corrected chi connectivity index (χ0v) is 27.9. The van der Waals surface area contributed by atoms with E-state index in [1.54, 1.807) is 29.2 Å². The molecule has 3 aromatic rings. The predicted molar refractivity (Wildman–Crippen MR) is 171 cm³/mol. The van der Waals surface area contributed by atoms with E-state index in [0.29, 0.717) is 43.9 Å². The Labute approximate surface area is 259 Å². The van der Waals surface area contributed by atoms with Gasteiger partial charge in [-0.3, -0.25) is 19.3 Å². The van der Waals surface area contributed by atoms with Crippen molar-refractivity contribution in [1.29, 1.82) is 0 Å². The van der Waals surface area contributed by atoms with Crippen molar-refractivity contribution in [2.75, 3.05) is 11.9 Å². The van der Waals surface area contributed by atoms with Gasteiger partial charge in [0.05, 0.1) is 29.0 Å². The lowest BCUT2D eigenvalue weighted by Gasteiger charge is -2.19. The number of rotatable bonds is 16. The molecular weight excluding hydrogens is 593 g/mol. The molecule has 0 aliphatic heterocycles. The minimum absolute atomic E-state index is 0.352. The first-order valence-corrected chi connectivity index (χ1v) is 19.0. The van der Waals surface area contributed by atoms with E-state index in [1.165, 1.54) is 0 Å². The van der Waals surface area contributed by atoms with Crippen LogP contribution in [0.25, 0.3) is 11.3 Å². The SMILES string of the molecule is CCc1c(-c2ccc(NC(=O)[C@H](CCCC(Cl)Cl)NC(=O)c3ccnn3CC)cn2)c(C)nn1COCC[Si](C)(C)C. The first-order chi connectivity index (χ1) is 19.9. The molecule has 3 heterocycles. The molecular formula is C29H43Cl2N7O3Si. The van der Waals surface area contributed by atoms with E-state index in [-0.39, 0.29) is 11.8 Å². The van der Waals surface area contributed by atoms with Crippen molar-refractivity contribution in [3.63, 3.8) is 0 Å². The lowest BCUT2D eigenvalue weighted by atomic mass is 10.1. The molecule has 0 saturated carbocycles. The van der Waals surface area contributed by atoms with E-state index >= 15 is 0 Å². The maximum Gasteiger partial charge on any atom is 0.270 e. The average Bonchev–Trinajstić information content (AvgIpc) is 3.54. The van der Waals surface area contributed by atoms with E-state index in [4.69, 9.17) is 33.0 Å². The van der Waals surface area contributed by atoms with Crippen LogP contribution in [0.3, 0.4) is 0 Å². The number of nitrogens with zero attached hydrogens (tertiary/aromatic N) is 5. The topological polar surface area (TPSA) is 116 Å². The number of carbonyl (C=O) groups is 2. The summed E-state index contributed by atoms with van der Waals surface area (Å²) < 4.78 is 9.44. The van der Waals surface area contributed by atoms with Gasteiger partial charge in [0.1, 0.15) is 23.3 Å². The van der Waals surface area contributed by atoms with Crippen molar-refractivity contribution < 1.29 is 14.3 Å². The highest BCUT2D eigenvalue weighted by atomic mass is 35.5. The molecule has 0 bridgehead atoms. The molecule has 0 aromatic carbocycles. The third kappa shape index (κ3) is 9.65. The van der Waals surface area contributed by atoms with Gasteiger partial charge in [-0.05, 0) is 63.8 Å². The summed E-state index contributed by atoms with van der Waals surface area (Å²) in [4.78, 5) is 30.3. The Morgan fingerprint density at radius 1 is 1.10 bits per heavy atom. The molecule has 10 nitrogen and oxygen atoms in total. The van der Waals surface area contributed by atoms with E-state index in [9.17, 15) is 9.59 Å². The van der Waals surface area contributed by atoms with Gasteiger partial charge < -0.3 is 15.4 Å². The highest BCUT2D eigenvalue weighted by Crippen LogP contribution is 2.27. The lowest BCUT2D eigenvalue weighted by molar-refractivity contribution is -0.118. The predicted octanol–water partition coefficient (Wildman–Crippen LogP) is 6.06. The van der Waals surface area contributed by atoms with Crippen LogP contribution in [0.5, 0.6) is 0 Å². The summed E-state index contributed by atoms with van der Waals surface area (Å²) in [6.45, 7) is 14.6. The van der Waals surface area contributed by atoms with Crippen molar-refractivity contribution in [2.45, 2.75) is 96.3 Å². The summed E-state index contributed by atoms with van der Waals surface area (Å²) >= 11 is 11.8. The van der Waals surface area contributed by atoms with Crippen LogP contribution in [0, 0.1) is 6.92 Å². The van der Waals surface area contributed by atoms with Crippen LogP contribution in [0.1, 0.15) is 55.0 Å². The molecule has 1 atom stereocenters. The molecule has 230 valence electrons. The van der Waals surface area contributed by atoms with E-state index in [1.807, 2.05) is 24.6 Å². The van der Waals surface area contributed by atoms with Crippen LogP contribution < -0.4 is 10.6 Å². The van der Waals surface area contributed by atoms with Gasteiger partial charge in [-0.15, -0.1) is 23.2 Å². The maximum atomic E-state index is 13.3. The van der Waals surface area contributed by atoms with E-state index in [0.717, 1.165) is 41.7 Å². The fourth-order valence-corrected chi connectivity index (χ4v) is 5.62. The van der Waals surface area contributed by atoms with Crippen LogP contribution in [0.4, 0.5) is 5.69 Å². The molecule has 2 N–H and O–H groups in total. The van der Waals surface area contributed by atoms with Crippen LogP contribution in [0.15, 0.2) is 30.6 Å². The smallest absolute Gasteiger partial charge is 0.270 e. The number of aromatic nitrogens is 5. The summed E-state index contributed by atoms with van der Waals surface area (Å²) in [7, 11) is -1.17. The number of hydrogen-bond acceptors (Lipinski definition) is 6. The van der Waals surface area contributed by atoms with Crippen LogP contribution in [-0.4, -0.2) is 61.9 Å². The number of amides is 2. The highest BCUT2D eigenvalue weighted by molar-refractivity contribution is 6.76. The van der Waals surface area contributed by atoms with Crippen molar-refractivity contribution in [3.05, 3.63) is 47.7 Å². The molecule has 0 unspecified atom stereocenters. The van der Waals surface area contributed by atoms with Crippen LogP contribution >= 0.6 is 23.2 Å². The standard InChI is InChI=1S/C29H43Cl2N7O3Si/c1-7-24-27(20(3)36-38(24)19-41-16-17-42(4,5)6)22-13-12-21(18-32-22)34-28(39)23(10-9-11-26(30)31)35-29(40)25-14-15-33-37(25)8-2/h12-15,18,23,26H,7-11,16-17,19H2,1-6H3,(H,34,39)(H,35,40)/t23-/m0/s1. The Kier molecular flexibility index (Phi) is 12.6. The summed E-state index contributed by atoms with van der Waals surface area (Å²) in [6, 6.07) is 5.61. The van der Waals surface area contributed by atoms with Gasteiger partial charge in [-0.2, -0.15) is 10.2 Å². The lowest BCUT2D eigenvalue weighted by Crippen LogP contribution is -2.44. The zero-order valence-electron chi connectivity index (χ0n) is 25.4. The Morgan fingerprint density at radius 2 is 1.86 bits per heavy atom. The molecule has 3 aromatic heterocycles. The minimum atomic E-state index is -1.17. The zero-order chi connectivity index (χ0) is 30.9. The van der Waals surface area contributed by atoms with Crippen molar-refractivity contribution in [3.8, 4) is 11.3 Å². The summed E-state index contributed by atoms with van der Waals surface area (Å²) in [5.74, 6) is -0.727. The van der Waals surface area contributed by atoms with Crippen molar-refractivity contribution in [1.82, 2.24) is 29.9 Å². The first-order valence-electron chi connectivity index (χ1n) is 14.5. The highest BCUT2D eigenvalue weighted by Gasteiger charge is 2.24. The monoisotopic (exact) mass is 635 g/mol. The Bertz CT molecular complexity index is 1320. The second kappa shape index (κ2) is 15.7. The van der Waals surface area contributed by atoms with Crippen LogP contribution in [0.2, 0.25) is 25.7 Å². The van der Waals surface area contributed by atoms with Crippen molar-refractivity contribution >= 4 is 48.8 Å². The third-order valence-electron chi connectivity index (χ3n) is 6.85. The first kappa shape index (κ1) is 33.8. The summed E-state index contributed by atoms with van der Waals surface area (Å²) in [5, 5.41) is 14.6. The van der Waals surface area contributed by atoms with Gasteiger partial charge in [-0.1, -0.05) is 26.6 Å². The van der Waals surface area contributed by atoms with Gasteiger partial charge in [-0.25, -0.2) is 4.68 Å². The normalized spacial score (nSPS) is 12.5. The molecule has 0 fully saturated rings. The molecule has 0 aliphatic rings. The Morgan fingerprint density at radius 3 is 2.48 bits per heavy atom.